The quantitative estimate of drug-likeness (QED) is 0.813. The molecule has 6 heteroatoms. The highest BCUT2D eigenvalue weighted by molar-refractivity contribution is 7.98. The molecule has 1 aliphatic rings. The van der Waals surface area contributed by atoms with Crippen molar-refractivity contribution in [3.63, 3.8) is 0 Å². The van der Waals surface area contributed by atoms with Gasteiger partial charge in [-0.1, -0.05) is 0 Å². The van der Waals surface area contributed by atoms with Crippen molar-refractivity contribution >= 4 is 23.8 Å². The number of hydrogen-bond acceptors (Lipinski definition) is 3. The number of likely N-dealkylation sites (tertiary alicyclic amines) is 1. The molecule has 0 spiro atoms. The van der Waals surface area contributed by atoms with E-state index < -0.39 is 12.0 Å². The summed E-state index contributed by atoms with van der Waals surface area (Å²) < 4.78 is 0. The van der Waals surface area contributed by atoms with Gasteiger partial charge in [0, 0.05) is 12.1 Å². The van der Waals surface area contributed by atoms with Crippen LogP contribution in [0.4, 0.5) is 4.79 Å². The van der Waals surface area contributed by atoms with Crippen molar-refractivity contribution in [1.82, 2.24) is 10.2 Å². The van der Waals surface area contributed by atoms with Crippen molar-refractivity contribution in [1.29, 1.82) is 0 Å². The first-order chi connectivity index (χ1) is 8.97. The van der Waals surface area contributed by atoms with Gasteiger partial charge in [-0.05, 0) is 51.5 Å². The summed E-state index contributed by atoms with van der Waals surface area (Å²) in [6.07, 6.45) is 5.48. The zero-order chi connectivity index (χ0) is 14.4. The minimum atomic E-state index is -0.959. The lowest BCUT2D eigenvalue weighted by atomic mass is 9.98. The van der Waals surface area contributed by atoms with E-state index in [1.54, 1.807) is 16.7 Å². The van der Waals surface area contributed by atoms with Crippen LogP contribution in [0.1, 0.15) is 39.5 Å². The molecule has 19 heavy (non-hydrogen) atoms. The van der Waals surface area contributed by atoms with Crippen LogP contribution in [0.3, 0.4) is 0 Å². The maximum Gasteiger partial charge on any atom is 0.326 e. The van der Waals surface area contributed by atoms with Gasteiger partial charge in [0.05, 0.1) is 0 Å². The molecule has 3 unspecified atom stereocenters. The first-order valence-electron chi connectivity index (χ1n) is 6.78. The maximum atomic E-state index is 12.2. The number of carbonyl (C=O) groups is 2. The van der Waals surface area contributed by atoms with Crippen LogP contribution >= 0.6 is 11.8 Å². The minimum absolute atomic E-state index is 0.179. The molecule has 0 aliphatic carbocycles. The average Bonchev–Trinajstić information content (AvgIpc) is 2.33. The lowest BCUT2D eigenvalue weighted by molar-refractivity contribution is -0.139. The van der Waals surface area contributed by atoms with E-state index in [2.05, 4.69) is 5.32 Å². The first kappa shape index (κ1) is 16.1. The lowest BCUT2D eigenvalue weighted by Gasteiger charge is -2.39. The second kappa shape index (κ2) is 7.62. The Morgan fingerprint density at radius 3 is 2.42 bits per heavy atom. The molecule has 1 rings (SSSR count). The van der Waals surface area contributed by atoms with Gasteiger partial charge in [-0.15, -0.1) is 0 Å². The van der Waals surface area contributed by atoms with Crippen LogP contribution in [-0.2, 0) is 4.79 Å². The molecule has 2 amide bonds. The predicted octanol–water partition coefficient (Wildman–Crippen LogP) is 2.17. The van der Waals surface area contributed by atoms with E-state index in [4.69, 9.17) is 5.11 Å². The molecule has 1 heterocycles. The van der Waals surface area contributed by atoms with Gasteiger partial charge < -0.3 is 15.3 Å². The SMILES string of the molecule is CSCCC(NC(=O)N1C(C)CCCC1C)C(=O)O. The van der Waals surface area contributed by atoms with Crippen molar-refractivity contribution in [3.8, 4) is 0 Å². The van der Waals surface area contributed by atoms with E-state index in [1.165, 1.54) is 0 Å². The van der Waals surface area contributed by atoms with E-state index in [0.29, 0.717) is 6.42 Å². The Kier molecular flexibility index (Phi) is 6.48. The fourth-order valence-corrected chi connectivity index (χ4v) is 3.01. The van der Waals surface area contributed by atoms with Crippen LogP contribution in [0, 0.1) is 0 Å². The number of urea groups is 1. The third kappa shape index (κ3) is 4.60. The van der Waals surface area contributed by atoms with Crippen molar-refractivity contribution in [2.45, 2.75) is 57.7 Å². The summed E-state index contributed by atoms with van der Waals surface area (Å²) in [4.78, 5) is 25.2. The van der Waals surface area contributed by atoms with Gasteiger partial charge in [0.1, 0.15) is 6.04 Å². The van der Waals surface area contributed by atoms with Crippen LogP contribution in [0.15, 0.2) is 0 Å². The molecule has 0 aromatic heterocycles. The Hall–Kier alpha value is -0.910. The molecule has 3 atom stereocenters. The van der Waals surface area contributed by atoms with Crippen LogP contribution in [0.25, 0.3) is 0 Å². The molecule has 2 N–H and O–H groups in total. The van der Waals surface area contributed by atoms with Crippen molar-refractivity contribution in [2.75, 3.05) is 12.0 Å². The third-order valence-corrected chi connectivity index (χ3v) is 4.28. The summed E-state index contributed by atoms with van der Waals surface area (Å²) in [5, 5.41) is 11.8. The Morgan fingerprint density at radius 1 is 1.37 bits per heavy atom. The Balaban J connectivity index is 2.62. The normalized spacial score (nSPS) is 24.9. The fraction of sp³-hybridized carbons (Fsp3) is 0.846. The number of piperidine rings is 1. The zero-order valence-electron chi connectivity index (χ0n) is 11.9. The number of amides is 2. The molecule has 1 fully saturated rings. The van der Waals surface area contributed by atoms with Crippen molar-refractivity contribution < 1.29 is 14.7 Å². The molecule has 0 aromatic carbocycles. The monoisotopic (exact) mass is 288 g/mol. The molecule has 0 aromatic rings. The maximum absolute atomic E-state index is 12.2. The van der Waals surface area contributed by atoms with Gasteiger partial charge in [-0.25, -0.2) is 9.59 Å². The van der Waals surface area contributed by atoms with E-state index >= 15 is 0 Å². The molecule has 0 radical (unpaired) electrons. The minimum Gasteiger partial charge on any atom is -0.480 e. The summed E-state index contributed by atoms with van der Waals surface area (Å²) in [5.74, 6) is -0.234. The highest BCUT2D eigenvalue weighted by atomic mass is 32.2. The van der Waals surface area contributed by atoms with Gasteiger partial charge in [-0.3, -0.25) is 0 Å². The molecule has 0 bridgehead atoms. The van der Waals surface area contributed by atoms with Crippen LogP contribution in [-0.4, -0.2) is 52.1 Å². The number of rotatable bonds is 5. The van der Waals surface area contributed by atoms with Gasteiger partial charge >= 0.3 is 12.0 Å². The molecular weight excluding hydrogens is 264 g/mol. The lowest BCUT2D eigenvalue weighted by Crippen LogP contribution is -2.55. The number of hydrogen-bond donors (Lipinski definition) is 2. The molecule has 5 nitrogen and oxygen atoms in total. The Labute approximate surface area is 119 Å². The third-order valence-electron chi connectivity index (χ3n) is 3.63. The van der Waals surface area contributed by atoms with Crippen molar-refractivity contribution in [3.05, 3.63) is 0 Å². The van der Waals surface area contributed by atoms with Gasteiger partial charge in [0.2, 0.25) is 0 Å². The van der Waals surface area contributed by atoms with Crippen LogP contribution in [0.5, 0.6) is 0 Å². The zero-order valence-corrected chi connectivity index (χ0v) is 12.7. The van der Waals surface area contributed by atoms with Crippen LogP contribution in [0.2, 0.25) is 0 Å². The van der Waals surface area contributed by atoms with E-state index in [9.17, 15) is 9.59 Å². The average molecular weight is 288 g/mol. The summed E-state index contributed by atoms with van der Waals surface area (Å²) >= 11 is 1.58. The van der Waals surface area contributed by atoms with E-state index in [0.717, 1.165) is 25.0 Å². The standard InChI is InChI=1S/C13H24N2O3S/c1-9-5-4-6-10(2)15(9)13(18)14-11(12(16)17)7-8-19-3/h9-11H,4-8H2,1-3H3,(H,14,18)(H,16,17). The largest absolute Gasteiger partial charge is 0.480 e. The second-order valence-corrected chi connectivity index (χ2v) is 6.14. The molecular formula is C13H24N2O3S. The summed E-state index contributed by atoms with van der Waals surface area (Å²) in [6.45, 7) is 4.04. The highest BCUT2D eigenvalue weighted by Gasteiger charge is 2.31. The first-order valence-corrected chi connectivity index (χ1v) is 8.17. The van der Waals surface area contributed by atoms with Gasteiger partial charge in [-0.2, -0.15) is 11.8 Å². The number of aliphatic carboxylic acids is 1. The smallest absolute Gasteiger partial charge is 0.326 e. The summed E-state index contributed by atoms with van der Waals surface area (Å²) in [6, 6.07) is -0.674. The second-order valence-electron chi connectivity index (χ2n) is 5.16. The molecule has 0 saturated carbocycles. The van der Waals surface area contributed by atoms with E-state index in [-0.39, 0.29) is 18.1 Å². The van der Waals surface area contributed by atoms with Gasteiger partial charge in [0.15, 0.2) is 0 Å². The predicted molar refractivity (Wildman–Crippen MR) is 77.6 cm³/mol. The molecule has 1 aliphatic heterocycles. The summed E-state index contributed by atoms with van der Waals surface area (Å²) in [5.41, 5.74) is 0. The fourth-order valence-electron chi connectivity index (χ4n) is 2.54. The van der Waals surface area contributed by atoms with Gasteiger partial charge in [0.25, 0.3) is 0 Å². The number of carbonyl (C=O) groups excluding carboxylic acids is 1. The topological polar surface area (TPSA) is 69.6 Å². The number of thioether (sulfide) groups is 1. The number of nitrogens with zero attached hydrogens (tertiary/aromatic N) is 1. The molecule has 110 valence electrons. The van der Waals surface area contributed by atoms with Crippen LogP contribution < -0.4 is 5.32 Å². The Bertz CT molecular complexity index is 315. The Morgan fingerprint density at radius 2 is 1.95 bits per heavy atom. The number of carboxylic acids is 1. The van der Waals surface area contributed by atoms with E-state index in [1.807, 2.05) is 20.1 Å². The van der Waals surface area contributed by atoms with Crippen molar-refractivity contribution in [2.24, 2.45) is 0 Å². The highest BCUT2D eigenvalue weighted by Crippen LogP contribution is 2.22. The number of carboxylic acid groups (broad SMARTS) is 1. The molecule has 1 saturated heterocycles. The number of nitrogens with one attached hydrogen (secondary N) is 1. The summed E-state index contributed by atoms with van der Waals surface area (Å²) in [7, 11) is 0.